The predicted molar refractivity (Wildman–Crippen MR) is 78.2 cm³/mol. The summed E-state index contributed by atoms with van der Waals surface area (Å²) >= 11 is 0. The molecule has 0 fully saturated rings. The van der Waals surface area contributed by atoms with E-state index in [1.54, 1.807) is 6.92 Å². The number of azide groups is 1. The number of methoxy groups -OCH3 is 1. The van der Waals surface area contributed by atoms with Crippen LogP contribution in [0.3, 0.4) is 0 Å². The Bertz CT molecular complexity index is 371. The minimum Gasteiger partial charge on any atom is -0.460 e. The Balaban J connectivity index is 3.38. The Kier molecular flexibility index (Phi) is 13.2. The summed E-state index contributed by atoms with van der Waals surface area (Å²) in [5, 5.41) is 3.41. The SMILES string of the molecule is C=C(C)C(=O)OCCOCCOCCOC(COC)N=[N+]=[N-]. The number of ether oxygens (including phenoxy) is 5. The topological polar surface area (TPSA) is 112 Å². The molecule has 0 spiro atoms. The zero-order chi connectivity index (χ0) is 16.6. The van der Waals surface area contributed by atoms with Gasteiger partial charge in [-0.15, -0.1) is 0 Å². The molecule has 0 aromatic heterocycles. The quantitative estimate of drug-likeness (QED) is 0.120. The lowest BCUT2D eigenvalue weighted by molar-refractivity contribution is -0.140. The van der Waals surface area contributed by atoms with E-state index in [9.17, 15) is 4.79 Å². The van der Waals surface area contributed by atoms with Crippen LogP contribution in [-0.4, -0.2) is 65.6 Å². The summed E-state index contributed by atoms with van der Waals surface area (Å²) in [6, 6.07) is 0. The van der Waals surface area contributed by atoms with Crippen molar-refractivity contribution in [2.75, 3.05) is 53.4 Å². The highest BCUT2D eigenvalue weighted by atomic mass is 16.6. The van der Waals surface area contributed by atoms with Crippen molar-refractivity contribution in [3.63, 3.8) is 0 Å². The molecule has 0 aliphatic rings. The second kappa shape index (κ2) is 14.3. The average Bonchev–Trinajstić information content (AvgIpc) is 2.49. The summed E-state index contributed by atoms with van der Waals surface area (Å²) in [5.41, 5.74) is 8.67. The van der Waals surface area contributed by atoms with Crippen molar-refractivity contribution < 1.29 is 28.5 Å². The number of nitrogens with zero attached hydrogens (tertiary/aromatic N) is 3. The Morgan fingerprint density at radius 1 is 1.18 bits per heavy atom. The van der Waals surface area contributed by atoms with E-state index >= 15 is 0 Å². The van der Waals surface area contributed by atoms with Gasteiger partial charge in [-0.05, 0) is 12.5 Å². The van der Waals surface area contributed by atoms with Gasteiger partial charge in [-0.25, -0.2) is 4.79 Å². The summed E-state index contributed by atoms with van der Waals surface area (Å²) in [6.45, 7) is 7.10. The Morgan fingerprint density at radius 3 is 2.32 bits per heavy atom. The number of carbonyl (C=O) groups excluding carboxylic acids is 1. The maximum absolute atomic E-state index is 11.0. The fraction of sp³-hybridized carbons (Fsp3) is 0.769. The lowest BCUT2D eigenvalue weighted by atomic mass is 10.4. The van der Waals surface area contributed by atoms with Crippen LogP contribution in [0.25, 0.3) is 10.4 Å². The molecule has 0 bridgehead atoms. The van der Waals surface area contributed by atoms with E-state index in [4.69, 9.17) is 29.2 Å². The largest absolute Gasteiger partial charge is 0.460 e. The molecule has 0 aliphatic carbocycles. The van der Waals surface area contributed by atoms with Crippen molar-refractivity contribution >= 4 is 5.97 Å². The summed E-state index contributed by atoms with van der Waals surface area (Å²) in [6.07, 6.45) is -0.655. The molecule has 1 atom stereocenters. The van der Waals surface area contributed by atoms with Gasteiger partial charge < -0.3 is 23.7 Å². The van der Waals surface area contributed by atoms with Gasteiger partial charge in [-0.1, -0.05) is 11.7 Å². The number of carbonyl (C=O) groups is 1. The van der Waals surface area contributed by atoms with Gasteiger partial charge in [0, 0.05) is 17.6 Å². The first-order valence-corrected chi connectivity index (χ1v) is 6.74. The molecule has 0 aromatic carbocycles. The zero-order valence-electron chi connectivity index (χ0n) is 13.0. The van der Waals surface area contributed by atoms with Gasteiger partial charge in [0.25, 0.3) is 0 Å². The number of rotatable bonds is 14. The van der Waals surface area contributed by atoms with Crippen molar-refractivity contribution in [2.45, 2.75) is 13.2 Å². The van der Waals surface area contributed by atoms with Gasteiger partial charge in [0.2, 0.25) is 0 Å². The molecule has 0 N–H and O–H groups in total. The molecule has 126 valence electrons. The van der Waals surface area contributed by atoms with E-state index in [1.165, 1.54) is 7.11 Å². The van der Waals surface area contributed by atoms with Crippen molar-refractivity contribution in [1.29, 1.82) is 0 Å². The van der Waals surface area contributed by atoms with Crippen molar-refractivity contribution in [2.24, 2.45) is 5.11 Å². The Labute approximate surface area is 129 Å². The van der Waals surface area contributed by atoms with Crippen molar-refractivity contribution in [3.8, 4) is 0 Å². The molecule has 0 saturated carbocycles. The third-order valence-electron chi connectivity index (χ3n) is 2.21. The minimum absolute atomic E-state index is 0.180. The summed E-state index contributed by atoms with van der Waals surface area (Å²) in [5.74, 6) is -0.428. The van der Waals surface area contributed by atoms with Gasteiger partial charge in [-0.3, -0.25) is 0 Å². The lowest BCUT2D eigenvalue weighted by Gasteiger charge is -2.11. The second-order valence-electron chi connectivity index (χ2n) is 4.13. The minimum atomic E-state index is -0.655. The first kappa shape index (κ1) is 20.4. The molecular formula is C13H23N3O6. The van der Waals surface area contributed by atoms with E-state index in [-0.39, 0.29) is 19.8 Å². The van der Waals surface area contributed by atoms with Crippen LogP contribution in [0.5, 0.6) is 0 Å². The fourth-order valence-corrected chi connectivity index (χ4v) is 1.20. The monoisotopic (exact) mass is 317 g/mol. The van der Waals surface area contributed by atoms with Gasteiger partial charge in [0.15, 0.2) is 6.23 Å². The third kappa shape index (κ3) is 12.1. The zero-order valence-corrected chi connectivity index (χ0v) is 13.0. The normalized spacial score (nSPS) is 11.5. The van der Waals surface area contributed by atoms with Gasteiger partial charge in [0.05, 0.1) is 39.6 Å². The Morgan fingerprint density at radius 2 is 1.77 bits per heavy atom. The van der Waals surface area contributed by atoms with E-state index in [2.05, 4.69) is 16.6 Å². The van der Waals surface area contributed by atoms with Crippen molar-refractivity contribution in [3.05, 3.63) is 22.6 Å². The molecule has 0 saturated heterocycles. The molecule has 0 radical (unpaired) electrons. The van der Waals surface area contributed by atoms with Crippen LogP contribution >= 0.6 is 0 Å². The van der Waals surface area contributed by atoms with Gasteiger partial charge in [-0.2, -0.15) is 0 Å². The summed E-state index contributed by atoms with van der Waals surface area (Å²) in [4.78, 5) is 13.7. The van der Waals surface area contributed by atoms with E-state index in [0.29, 0.717) is 32.0 Å². The van der Waals surface area contributed by atoms with Crippen LogP contribution in [0.15, 0.2) is 17.3 Å². The molecule has 0 amide bonds. The molecule has 9 nitrogen and oxygen atoms in total. The van der Waals surface area contributed by atoms with Crippen molar-refractivity contribution in [1.82, 2.24) is 0 Å². The molecular weight excluding hydrogens is 294 g/mol. The highest BCUT2D eigenvalue weighted by molar-refractivity contribution is 5.86. The standard InChI is InChI=1S/C13H23N3O6/c1-11(2)13(17)22-9-7-20-5-4-19-6-8-21-12(10-18-3)15-16-14/h12H,1,4-10H2,2-3H3. The molecule has 0 aromatic rings. The number of hydrogen-bond donors (Lipinski definition) is 0. The number of esters is 1. The summed E-state index contributed by atoms with van der Waals surface area (Å²) < 4.78 is 25.4. The molecule has 0 rings (SSSR count). The van der Waals surface area contributed by atoms with E-state index < -0.39 is 12.2 Å². The fourth-order valence-electron chi connectivity index (χ4n) is 1.20. The highest BCUT2D eigenvalue weighted by Crippen LogP contribution is 1.96. The van der Waals surface area contributed by atoms with Gasteiger partial charge in [0.1, 0.15) is 6.61 Å². The molecule has 9 heteroatoms. The smallest absolute Gasteiger partial charge is 0.333 e. The van der Waals surface area contributed by atoms with Crippen LogP contribution in [0.1, 0.15) is 6.92 Å². The second-order valence-corrected chi connectivity index (χ2v) is 4.13. The maximum Gasteiger partial charge on any atom is 0.333 e. The first-order valence-electron chi connectivity index (χ1n) is 6.74. The van der Waals surface area contributed by atoms with E-state index in [1.807, 2.05) is 0 Å². The molecule has 22 heavy (non-hydrogen) atoms. The predicted octanol–water partition coefficient (Wildman–Crippen LogP) is 1.44. The van der Waals surface area contributed by atoms with Crippen LogP contribution in [0, 0.1) is 0 Å². The van der Waals surface area contributed by atoms with Gasteiger partial charge >= 0.3 is 5.97 Å². The number of hydrogen-bond acceptors (Lipinski definition) is 7. The third-order valence-corrected chi connectivity index (χ3v) is 2.21. The summed E-state index contributed by atoms with van der Waals surface area (Å²) in [7, 11) is 1.49. The van der Waals surface area contributed by atoms with Crippen LogP contribution in [0.2, 0.25) is 0 Å². The van der Waals surface area contributed by atoms with E-state index in [0.717, 1.165) is 0 Å². The van der Waals surface area contributed by atoms with Crippen LogP contribution in [0.4, 0.5) is 0 Å². The average molecular weight is 317 g/mol. The molecule has 0 heterocycles. The highest BCUT2D eigenvalue weighted by Gasteiger charge is 2.05. The van der Waals surface area contributed by atoms with Crippen LogP contribution < -0.4 is 0 Å². The maximum atomic E-state index is 11.0. The molecule has 1 unspecified atom stereocenters. The Hall–Kier alpha value is -1.64. The lowest BCUT2D eigenvalue weighted by Crippen LogP contribution is -2.19. The first-order chi connectivity index (χ1) is 10.6. The molecule has 0 aliphatic heterocycles. The van der Waals surface area contributed by atoms with Crippen LogP contribution in [-0.2, 0) is 28.5 Å².